The molecule has 0 radical (unpaired) electrons. The zero-order valence-corrected chi connectivity index (χ0v) is 14.8. The molecule has 0 saturated heterocycles. The lowest BCUT2D eigenvalue weighted by Gasteiger charge is -2.11. The van der Waals surface area contributed by atoms with Crippen molar-refractivity contribution in [3.05, 3.63) is 82.3 Å². The van der Waals surface area contributed by atoms with E-state index in [4.69, 9.17) is 4.42 Å². The van der Waals surface area contributed by atoms with Gasteiger partial charge in [-0.25, -0.2) is 9.18 Å². The number of aromatic nitrogens is 1. The summed E-state index contributed by atoms with van der Waals surface area (Å²) >= 11 is 0. The van der Waals surface area contributed by atoms with Crippen molar-refractivity contribution in [3.63, 3.8) is 0 Å². The molecule has 0 atom stereocenters. The largest absolute Gasteiger partial charge is 0.478 e. The fourth-order valence-corrected chi connectivity index (χ4v) is 3.21. The Bertz CT molecular complexity index is 914. The molecule has 2 N–H and O–H groups in total. The lowest BCUT2D eigenvalue weighted by Crippen LogP contribution is -2.15. The fraction of sp³-hybridized carbons (Fsp3) is 0.250. The van der Waals surface area contributed by atoms with Crippen LogP contribution in [0.25, 0.3) is 0 Å². The van der Waals surface area contributed by atoms with Gasteiger partial charge in [-0.15, -0.1) is 0 Å². The fourth-order valence-electron chi connectivity index (χ4n) is 3.21. The average Bonchev–Trinajstić information content (AvgIpc) is 3.19. The number of carbonyl (C=O) groups is 1. The van der Waals surface area contributed by atoms with Gasteiger partial charge < -0.3 is 19.4 Å². The Hall–Kier alpha value is -2.86. The third-order valence-electron chi connectivity index (χ3n) is 4.59. The number of aromatic carboxylic acids is 1. The first-order chi connectivity index (χ1) is 12.5. The Balaban J connectivity index is 1.88. The second-order valence-electron chi connectivity index (χ2n) is 6.19. The number of rotatable bonds is 7. The van der Waals surface area contributed by atoms with E-state index >= 15 is 0 Å². The number of benzene rings is 1. The van der Waals surface area contributed by atoms with Crippen molar-refractivity contribution in [1.29, 1.82) is 0 Å². The maximum Gasteiger partial charge on any atom is 0.337 e. The van der Waals surface area contributed by atoms with Gasteiger partial charge in [-0.2, -0.15) is 0 Å². The first-order valence-electron chi connectivity index (χ1n) is 8.37. The van der Waals surface area contributed by atoms with E-state index in [0.717, 1.165) is 11.5 Å². The van der Waals surface area contributed by atoms with Gasteiger partial charge in [-0.05, 0) is 32.0 Å². The van der Waals surface area contributed by atoms with E-state index < -0.39 is 5.97 Å². The first kappa shape index (κ1) is 17.9. The third-order valence-corrected chi connectivity index (χ3v) is 4.59. The van der Waals surface area contributed by atoms with Gasteiger partial charge in [0.05, 0.1) is 24.9 Å². The predicted molar refractivity (Wildman–Crippen MR) is 95.6 cm³/mol. The minimum absolute atomic E-state index is 0.269. The molecule has 0 saturated carbocycles. The molecule has 0 aliphatic rings. The number of hydrogen-bond acceptors (Lipinski definition) is 3. The number of furan rings is 1. The minimum atomic E-state index is -0.979. The highest BCUT2D eigenvalue weighted by molar-refractivity contribution is 5.91. The second-order valence-corrected chi connectivity index (χ2v) is 6.19. The summed E-state index contributed by atoms with van der Waals surface area (Å²) in [6.45, 7) is 4.81. The summed E-state index contributed by atoms with van der Waals surface area (Å²) in [5.41, 5.74) is 2.94. The van der Waals surface area contributed by atoms with Crippen LogP contribution in [0.3, 0.4) is 0 Å². The summed E-state index contributed by atoms with van der Waals surface area (Å²) in [7, 11) is 0. The summed E-state index contributed by atoms with van der Waals surface area (Å²) in [5.74, 6) is -0.496. The topological polar surface area (TPSA) is 67.4 Å². The Morgan fingerprint density at radius 2 is 1.92 bits per heavy atom. The number of nitrogens with zero attached hydrogens (tertiary/aromatic N) is 1. The molecule has 2 aromatic heterocycles. The quantitative estimate of drug-likeness (QED) is 0.674. The SMILES string of the molecule is Cc1c(CNCc2ccco2)c(C(=O)O)c(C)n1Cc1ccccc1F. The van der Waals surface area contributed by atoms with Gasteiger partial charge in [0.1, 0.15) is 11.6 Å². The van der Waals surface area contributed by atoms with Crippen LogP contribution in [-0.2, 0) is 19.6 Å². The van der Waals surface area contributed by atoms with E-state index in [1.54, 1.807) is 37.5 Å². The van der Waals surface area contributed by atoms with Crippen LogP contribution in [0.2, 0.25) is 0 Å². The highest BCUT2D eigenvalue weighted by Crippen LogP contribution is 2.24. The van der Waals surface area contributed by atoms with Crippen LogP contribution in [0.5, 0.6) is 0 Å². The number of hydrogen-bond donors (Lipinski definition) is 2. The van der Waals surface area contributed by atoms with Crippen molar-refractivity contribution < 1.29 is 18.7 Å². The monoisotopic (exact) mass is 356 g/mol. The van der Waals surface area contributed by atoms with E-state index in [9.17, 15) is 14.3 Å². The Labute approximate surface area is 151 Å². The molecular formula is C20H21FN2O3. The zero-order chi connectivity index (χ0) is 18.7. The van der Waals surface area contributed by atoms with E-state index in [1.807, 2.05) is 17.6 Å². The van der Waals surface area contributed by atoms with Crippen LogP contribution in [0.4, 0.5) is 4.39 Å². The lowest BCUT2D eigenvalue weighted by molar-refractivity contribution is 0.0694. The van der Waals surface area contributed by atoms with E-state index in [-0.39, 0.29) is 11.4 Å². The molecule has 26 heavy (non-hydrogen) atoms. The van der Waals surface area contributed by atoms with Crippen molar-refractivity contribution in [3.8, 4) is 0 Å². The normalized spacial score (nSPS) is 11.0. The van der Waals surface area contributed by atoms with E-state index in [1.165, 1.54) is 6.07 Å². The Morgan fingerprint density at radius 3 is 2.58 bits per heavy atom. The molecule has 0 unspecified atom stereocenters. The third kappa shape index (κ3) is 3.55. The van der Waals surface area contributed by atoms with Gasteiger partial charge in [-0.3, -0.25) is 0 Å². The summed E-state index contributed by atoms with van der Waals surface area (Å²) in [6.07, 6.45) is 1.60. The standard InChI is InChI=1S/C20H21FN2O3/c1-13-17(11-22-10-16-7-5-9-26-16)19(20(24)25)14(2)23(13)12-15-6-3-4-8-18(15)21/h3-9,22H,10-12H2,1-2H3,(H,24,25). The molecule has 136 valence electrons. The van der Waals surface area contributed by atoms with Crippen molar-refractivity contribution in [2.24, 2.45) is 0 Å². The van der Waals surface area contributed by atoms with Crippen LogP contribution in [-0.4, -0.2) is 15.6 Å². The average molecular weight is 356 g/mol. The molecule has 1 aromatic carbocycles. The molecule has 2 heterocycles. The van der Waals surface area contributed by atoms with Crippen LogP contribution in [0.1, 0.15) is 38.6 Å². The lowest BCUT2D eigenvalue weighted by atomic mass is 10.1. The van der Waals surface area contributed by atoms with Gasteiger partial charge in [0.25, 0.3) is 0 Å². The first-order valence-corrected chi connectivity index (χ1v) is 8.37. The summed E-state index contributed by atoms with van der Waals surface area (Å²) in [4.78, 5) is 11.8. The van der Waals surface area contributed by atoms with Gasteiger partial charge in [0, 0.05) is 29.1 Å². The van der Waals surface area contributed by atoms with E-state index in [0.29, 0.717) is 36.5 Å². The number of carboxylic acid groups (broad SMARTS) is 1. The van der Waals surface area contributed by atoms with Crippen LogP contribution in [0, 0.1) is 19.7 Å². The molecule has 0 spiro atoms. The van der Waals surface area contributed by atoms with Crippen LogP contribution in [0.15, 0.2) is 47.1 Å². The van der Waals surface area contributed by atoms with Crippen LogP contribution >= 0.6 is 0 Å². The molecule has 0 aliphatic heterocycles. The Morgan fingerprint density at radius 1 is 1.15 bits per heavy atom. The second kappa shape index (κ2) is 7.58. The van der Waals surface area contributed by atoms with Gasteiger partial charge >= 0.3 is 5.97 Å². The Kier molecular flexibility index (Phi) is 5.23. The molecule has 3 rings (SSSR count). The number of nitrogens with one attached hydrogen (secondary N) is 1. The van der Waals surface area contributed by atoms with Crippen LogP contribution < -0.4 is 5.32 Å². The number of halogens is 1. The molecule has 0 amide bonds. The molecule has 5 nitrogen and oxygen atoms in total. The molecule has 0 aliphatic carbocycles. The number of carboxylic acids is 1. The van der Waals surface area contributed by atoms with Crippen molar-refractivity contribution in [1.82, 2.24) is 9.88 Å². The van der Waals surface area contributed by atoms with E-state index in [2.05, 4.69) is 5.32 Å². The smallest absolute Gasteiger partial charge is 0.337 e. The zero-order valence-electron chi connectivity index (χ0n) is 14.8. The predicted octanol–water partition coefficient (Wildman–Crippen LogP) is 3.87. The van der Waals surface area contributed by atoms with Crippen molar-refractivity contribution in [2.45, 2.75) is 33.5 Å². The summed E-state index contributed by atoms with van der Waals surface area (Å²) in [6, 6.07) is 10.2. The molecular weight excluding hydrogens is 335 g/mol. The highest BCUT2D eigenvalue weighted by Gasteiger charge is 2.22. The molecule has 6 heteroatoms. The molecule has 3 aromatic rings. The summed E-state index contributed by atoms with van der Waals surface area (Å²) < 4.78 is 21.1. The van der Waals surface area contributed by atoms with Gasteiger partial charge in [-0.1, -0.05) is 18.2 Å². The molecule has 0 fully saturated rings. The van der Waals surface area contributed by atoms with Crippen molar-refractivity contribution >= 4 is 5.97 Å². The maximum atomic E-state index is 14.0. The maximum absolute atomic E-state index is 14.0. The van der Waals surface area contributed by atoms with Crippen molar-refractivity contribution in [2.75, 3.05) is 0 Å². The highest BCUT2D eigenvalue weighted by atomic mass is 19.1. The molecule has 0 bridgehead atoms. The van der Waals surface area contributed by atoms with Gasteiger partial charge in [0.2, 0.25) is 0 Å². The summed E-state index contributed by atoms with van der Waals surface area (Å²) in [5, 5.41) is 12.9. The van der Waals surface area contributed by atoms with Gasteiger partial charge in [0.15, 0.2) is 0 Å². The minimum Gasteiger partial charge on any atom is -0.478 e.